The number of hydrogen-bond acceptors (Lipinski definition) is 2. The quantitative estimate of drug-likeness (QED) is 0.207. The van der Waals surface area contributed by atoms with Crippen molar-refractivity contribution in [2.24, 2.45) is 0 Å². The first kappa shape index (κ1) is 29.1. The fourth-order valence-corrected chi connectivity index (χ4v) is 97.6. The van der Waals surface area contributed by atoms with Gasteiger partial charge in [0.1, 0.15) is 0 Å². The van der Waals surface area contributed by atoms with Crippen molar-refractivity contribution < 1.29 is 0 Å². The van der Waals surface area contributed by atoms with Gasteiger partial charge in [0, 0.05) is 0 Å². The predicted octanol–water partition coefficient (Wildman–Crippen LogP) is 7.13. The maximum atomic E-state index is 7.27. The van der Waals surface area contributed by atoms with Crippen LogP contribution in [-0.4, -0.2) is 57.5 Å². The molecule has 1 unspecified atom stereocenters. The fraction of sp³-hybridized carbons (Fsp3) is 1.00. The second-order valence-corrected chi connectivity index (χ2v) is 56.0. The van der Waals surface area contributed by atoms with Gasteiger partial charge in [0.25, 0.3) is 6.58 Å². The average molecular weight is 596 g/mol. The van der Waals surface area contributed by atoms with Gasteiger partial charge in [-0.2, -0.15) is 0 Å². The van der Waals surface area contributed by atoms with E-state index >= 15 is 0 Å². The number of rotatable bonds is 9. The summed E-state index contributed by atoms with van der Waals surface area (Å²) >= 11 is 55.3. The Bertz CT molecular complexity index is 457. The Balaban J connectivity index is 6.76. The van der Waals surface area contributed by atoms with Crippen LogP contribution in [0.4, 0.5) is 0 Å². The van der Waals surface area contributed by atoms with E-state index in [0.29, 0.717) is 0 Å². The third kappa shape index (κ3) is 5.47. The van der Waals surface area contributed by atoms with Gasteiger partial charge in [-0.15, -0.1) is 88.6 Å². The van der Waals surface area contributed by atoms with Gasteiger partial charge in [-0.05, 0) is 24.2 Å². The van der Waals surface area contributed by atoms with Crippen molar-refractivity contribution in [3.8, 4) is 0 Å². The highest BCUT2D eigenvalue weighted by Gasteiger charge is 2.80. The Labute approximate surface area is 199 Å². The molecule has 0 spiro atoms. The van der Waals surface area contributed by atoms with Crippen LogP contribution in [-0.2, 0) is 0 Å². The Morgan fingerprint density at radius 3 is 0.962 bits per heavy atom. The zero-order valence-electron chi connectivity index (χ0n) is 16.2. The van der Waals surface area contributed by atoms with E-state index in [-0.39, 0.29) is 24.2 Å². The van der Waals surface area contributed by atoms with Gasteiger partial charge >= 0.3 is 17.6 Å². The van der Waals surface area contributed by atoms with Crippen LogP contribution in [0.5, 0.6) is 0 Å². The highest BCUT2D eigenvalue weighted by Crippen LogP contribution is 2.53. The summed E-state index contributed by atoms with van der Waals surface area (Å²) in [6.45, 7) is 12.4. The molecule has 1 atom stereocenters. The van der Waals surface area contributed by atoms with Gasteiger partial charge in [-0.25, -0.2) is 0 Å². The van der Waals surface area contributed by atoms with Gasteiger partial charge in [0.2, 0.25) is 0 Å². The summed E-state index contributed by atoms with van der Waals surface area (Å²) < 4.78 is 3.99. The molecule has 0 saturated heterocycles. The van der Waals surface area contributed by atoms with Crippen molar-refractivity contribution >= 4 is 113 Å². The molecular formula is C12H28Cl8N2Si4. The van der Waals surface area contributed by atoms with Crippen LogP contribution in [0.1, 0.15) is 55.4 Å². The Kier molecular flexibility index (Phi) is 11.4. The molecule has 2 nitrogen and oxygen atoms in total. The van der Waals surface area contributed by atoms with Gasteiger partial charge < -0.3 is 4.57 Å². The molecule has 26 heavy (non-hydrogen) atoms. The first-order valence-electron chi connectivity index (χ1n) is 8.36. The molecule has 0 aliphatic carbocycles. The summed E-state index contributed by atoms with van der Waals surface area (Å²) in [5.41, 5.74) is -7.24. The fourth-order valence-electron chi connectivity index (χ4n) is 3.40. The molecule has 0 radical (unpaired) electrons. The standard InChI is InChI=1S/C12H28Cl8N2Si4/c1-9(2)21(10(3)4)24(16,17)25(18,19)26(20,23(13,14)15)22(11(5)6)12(7)8/h9-12H,1-8H3. The van der Waals surface area contributed by atoms with Crippen molar-refractivity contribution in [2.45, 2.75) is 79.6 Å². The molecule has 0 N–H and O–H groups in total. The van der Waals surface area contributed by atoms with Gasteiger partial charge in [-0.3, -0.25) is 4.57 Å². The van der Waals surface area contributed by atoms with Crippen molar-refractivity contribution in [2.75, 3.05) is 0 Å². The average Bonchev–Trinajstić information content (AvgIpc) is 2.33. The monoisotopic (exact) mass is 592 g/mol. The topological polar surface area (TPSA) is 6.48 Å². The minimum absolute atomic E-state index is 0.0173. The molecule has 0 rings (SSSR count). The van der Waals surface area contributed by atoms with E-state index in [1.807, 2.05) is 64.5 Å². The van der Waals surface area contributed by atoms with E-state index in [9.17, 15) is 0 Å². The van der Waals surface area contributed by atoms with Crippen LogP contribution in [0.3, 0.4) is 0 Å². The van der Waals surface area contributed by atoms with Crippen molar-refractivity contribution in [1.82, 2.24) is 9.13 Å². The molecule has 0 aliphatic heterocycles. The van der Waals surface area contributed by atoms with Crippen LogP contribution in [0, 0.1) is 0 Å². The molecule has 0 fully saturated rings. The van der Waals surface area contributed by atoms with Crippen LogP contribution in [0.2, 0.25) is 0 Å². The third-order valence-corrected chi connectivity index (χ3v) is 83.1. The smallest absolute Gasteiger partial charge is 0.307 e. The molecular weight excluding hydrogens is 568 g/mol. The van der Waals surface area contributed by atoms with Crippen molar-refractivity contribution in [3.05, 3.63) is 0 Å². The first-order chi connectivity index (χ1) is 11.3. The second kappa shape index (κ2) is 10.2. The number of nitrogens with zero attached hydrogens (tertiary/aromatic N) is 2. The summed E-state index contributed by atoms with van der Waals surface area (Å²) in [5.74, 6) is 0. The molecule has 0 amide bonds. The molecule has 0 aromatic carbocycles. The molecule has 0 aromatic heterocycles. The van der Waals surface area contributed by atoms with Crippen molar-refractivity contribution in [1.29, 1.82) is 0 Å². The van der Waals surface area contributed by atoms with Gasteiger partial charge in [0.15, 0.2) is 0 Å². The molecule has 0 bridgehead atoms. The second-order valence-electron chi connectivity index (χ2n) is 7.43. The summed E-state index contributed by atoms with van der Waals surface area (Å²) in [5, 5.41) is 0. The first-order valence-corrected chi connectivity index (χ1v) is 27.3. The van der Waals surface area contributed by atoms with Crippen LogP contribution < -0.4 is 0 Å². The molecule has 0 saturated carbocycles. The molecule has 0 aromatic rings. The van der Waals surface area contributed by atoms with E-state index in [2.05, 4.69) is 0 Å². The Hall–Kier alpha value is 3.11. The van der Waals surface area contributed by atoms with E-state index in [1.165, 1.54) is 0 Å². The lowest BCUT2D eigenvalue weighted by atomic mass is 10.3. The molecule has 0 aliphatic rings. The third-order valence-electron chi connectivity index (χ3n) is 4.07. The lowest BCUT2D eigenvalue weighted by molar-refractivity contribution is 0.307. The lowest BCUT2D eigenvalue weighted by Gasteiger charge is -2.54. The number of hydrogen-bond donors (Lipinski definition) is 0. The van der Waals surface area contributed by atoms with E-state index in [4.69, 9.17) is 88.6 Å². The highest BCUT2D eigenvalue weighted by atomic mass is 35.9. The largest absolute Gasteiger partial charge is 0.358 e. The maximum Gasteiger partial charge on any atom is 0.358 e. The Morgan fingerprint density at radius 1 is 0.500 bits per heavy atom. The van der Waals surface area contributed by atoms with E-state index in [1.54, 1.807) is 0 Å². The normalized spacial score (nSPS) is 17.3. The van der Waals surface area contributed by atoms with Gasteiger partial charge in [0.05, 0.1) is 0 Å². The lowest BCUT2D eigenvalue weighted by Crippen LogP contribution is -2.85. The van der Waals surface area contributed by atoms with Crippen LogP contribution in [0.25, 0.3) is 0 Å². The zero-order valence-corrected chi connectivity index (χ0v) is 26.3. The van der Waals surface area contributed by atoms with E-state index in [0.717, 1.165) is 0 Å². The van der Waals surface area contributed by atoms with Crippen LogP contribution >= 0.6 is 88.6 Å². The van der Waals surface area contributed by atoms with E-state index < -0.39 is 24.2 Å². The molecule has 14 heteroatoms. The van der Waals surface area contributed by atoms with Crippen LogP contribution in [0.15, 0.2) is 0 Å². The summed E-state index contributed by atoms with van der Waals surface area (Å²) in [4.78, 5) is 0. The Morgan fingerprint density at radius 2 is 0.769 bits per heavy atom. The zero-order chi connectivity index (χ0) is 21.5. The predicted molar refractivity (Wildman–Crippen MR) is 134 cm³/mol. The minimum Gasteiger partial charge on any atom is -0.307 e. The summed E-state index contributed by atoms with van der Waals surface area (Å²) in [6, 6.07) is 0.0202. The minimum atomic E-state index is -3.66. The molecule has 0 heterocycles. The maximum absolute atomic E-state index is 7.27. The highest BCUT2D eigenvalue weighted by molar-refractivity contribution is 8.23. The molecule has 158 valence electrons. The SMILES string of the molecule is CC(C)N(C(C)C)[Si](Cl)(Cl)[Si](Cl)(Cl)[Si](Cl)(N(C(C)C)C(C)C)[Si](Cl)(Cl)Cl. The van der Waals surface area contributed by atoms with Crippen molar-refractivity contribution in [3.63, 3.8) is 0 Å². The van der Waals surface area contributed by atoms with Gasteiger partial charge in [-0.1, -0.05) is 55.4 Å². The number of halogens is 8. The summed E-state index contributed by atoms with van der Waals surface area (Å²) in [7, 11) is 0. The summed E-state index contributed by atoms with van der Waals surface area (Å²) in [6.07, 6.45) is -3.47.